The number of rotatable bonds is 8. The fraction of sp³-hybridized carbons (Fsp3) is 0.276. The molecule has 204 valence electrons. The molecule has 2 aliphatic heterocycles. The van der Waals surface area contributed by atoms with Crippen molar-refractivity contribution in [3.8, 4) is 17.2 Å². The number of benzene rings is 1. The number of furan rings is 1. The first kappa shape index (κ1) is 26.0. The Kier molecular flexibility index (Phi) is 7.47. The molecule has 40 heavy (non-hydrogen) atoms. The molecule has 2 aliphatic rings. The summed E-state index contributed by atoms with van der Waals surface area (Å²) in [6.45, 7) is 3.12. The zero-order valence-electron chi connectivity index (χ0n) is 21.9. The highest BCUT2D eigenvalue weighted by atomic mass is 32.2. The maximum atomic E-state index is 11.8. The molecule has 2 amide bonds. The summed E-state index contributed by atoms with van der Waals surface area (Å²) >= 11 is 0.882. The largest absolute Gasteiger partial charge is 0.495 e. The van der Waals surface area contributed by atoms with Crippen molar-refractivity contribution in [2.45, 2.75) is 19.4 Å². The molecule has 0 bridgehead atoms. The fourth-order valence-electron chi connectivity index (χ4n) is 4.93. The van der Waals surface area contributed by atoms with E-state index < -0.39 is 5.91 Å². The minimum absolute atomic E-state index is 0.341. The molecule has 10 nitrogen and oxygen atoms in total. The first-order valence-electron chi connectivity index (χ1n) is 13.1. The van der Waals surface area contributed by atoms with Crippen LogP contribution in [0.4, 0.5) is 10.7 Å². The van der Waals surface area contributed by atoms with Gasteiger partial charge in [-0.1, -0.05) is 18.2 Å². The third-order valence-electron chi connectivity index (χ3n) is 7.04. The van der Waals surface area contributed by atoms with Gasteiger partial charge in [0.2, 0.25) is 5.95 Å². The van der Waals surface area contributed by atoms with Crippen LogP contribution in [0.1, 0.15) is 24.2 Å². The molecule has 1 aromatic carbocycles. The topological polar surface area (TPSA) is 122 Å². The molecule has 0 spiro atoms. The summed E-state index contributed by atoms with van der Waals surface area (Å²) in [6.07, 6.45) is 5.30. The molecule has 11 heteroatoms. The van der Waals surface area contributed by atoms with Crippen LogP contribution in [0.25, 0.3) is 28.5 Å². The molecule has 0 saturated carbocycles. The Morgan fingerprint density at radius 2 is 2.00 bits per heavy atom. The van der Waals surface area contributed by atoms with Crippen LogP contribution in [0.15, 0.2) is 64.1 Å². The van der Waals surface area contributed by atoms with Gasteiger partial charge < -0.3 is 19.4 Å². The maximum Gasteiger partial charge on any atom is 0.290 e. The monoisotopic (exact) mass is 556 g/mol. The lowest BCUT2D eigenvalue weighted by Crippen LogP contribution is -2.38. The number of carbonyl (C=O) groups excluding carboxylic acids is 2. The van der Waals surface area contributed by atoms with Crippen molar-refractivity contribution in [1.29, 1.82) is 0 Å². The lowest BCUT2D eigenvalue weighted by molar-refractivity contribution is -0.115. The smallest absolute Gasteiger partial charge is 0.290 e. The Bertz CT molecular complexity index is 1560. The fourth-order valence-corrected chi connectivity index (χ4v) is 5.60. The van der Waals surface area contributed by atoms with Crippen molar-refractivity contribution in [2.75, 3.05) is 31.6 Å². The minimum atomic E-state index is -0.391. The summed E-state index contributed by atoms with van der Waals surface area (Å²) in [4.78, 5) is 39.6. The van der Waals surface area contributed by atoms with Gasteiger partial charge in [-0.2, -0.15) is 0 Å². The Morgan fingerprint density at radius 3 is 2.77 bits per heavy atom. The van der Waals surface area contributed by atoms with Crippen molar-refractivity contribution in [3.63, 3.8) is 0 Å². The number of para-hydroxylation sites is 1. The third kappa shape index (κ3) is 5.70. The van der Waals surface area contributed by atoms with Crippen LogP contribution in [-0.2, 0) is 11.3 Å². The Labute approximate surface area is 235 Å². The van der Waals surface area contributed by atoms with Crippen molar-refractivity contribution in [2.24, 2.45) is 5.92 Å². The first-order valence-corrected chi connectivity index (χ1v) is 13.9. The Balaban J connectivity index is 1.04. The van der Waals surface area contributed by atoms with Crippen LogP contribution >= 0.6 is 11.8 Å². The highest BCUT2D eigenvalue weighted by Gasteiger charge is 2.26. The number of amides is 2. The van der Waals surface area contributed by atoms with E-state index in [9.17, 15) is 9.59 Å². The predicted molar refractivity (Wildman–Crippen MR) is 154 cm³/mol. The van der Waals surface area contributed by atoms with E-state index in [2.05, 4.69) is 25.5 Å². The number of thioether (sulfide) groups is 1. The molecule has 3 aromatic heterocycles. The van der Waals surface area contributed by atoms with Crippen molar-refractivity contribution in [1.82, 2.24) is 25.6 Å². The van der Waals surface area contributed by atoms with E-state index >= 15 is 0 Å². The number of fused-ring (bicyclic) bond motifs is 1. The SMILES string of the molecule is COc1ccc(-c2cc3ccccc3o2)nc1CNCC1CCN(c2nccc(/C=C3\SC(=O)NC3=O)n2)CC1. The van der Waals surface area contributed by atoms with Crippen LogP contribution in [0, 0.1) is 5.92 Å². The van der Waals surface area contributed by atoms with Gasteiger partial charge in [-0.25, -0.2) is 15.0 Å². The second-order valence-electron chi connectivity index (χ2n) is 9.69. The number of pyridine rings is 1. The lowest BCUT2D eigenvalue weighted by atomic mass is 9.97. The summed E-state index contributed by atoms with van der Waals surface area (Å²) in [5.41, 5.74) is 3.06. The summed E-state index contributed by atoms with van der Waals surface area (Å²) < 4.78 is 11.6. The van der Waals surface area contributed by atoms with E-state index in [-0.39, 0.29) is 5.24 Å². The van der Waals surface area contributed by atoms with E-state index in [4.69, 9.17) is 14.1 Å². The van der Waals surface area contributed by atoms with Crippen LogP contribution in [-0.4, -0.2) is 52.8 Å². The summed E-state index contributed by atoms with van der Waals surface area (Å²) in [6, 6.07) is 15.5. The zero-order valence-corrected chi connectivity index (χ0v) is 22.7. The third-order valence-corrected chi connectivity index (χ3v) is 7.85. The van der Waals surface area contributed by atoms with Gasteiger partial charge in [-0.05, 0) is 73.5 Å². The van der Waals surface area contributed by atoms with E-state index in [1.165, 1.54) is 0 Å². The number of methoxy groups -OCH3 is 1. The Hall–Kier alpha value is -4.22. The molecule has 2 N–H and O–H groups in total. The normalized spacial score (nSPS) is 17.1. The molecule has 6 rings (SSSR count). The molecule has 2 saturated heterocycles. The van der Waals surface area contributed by atoms with Gasteiger partial charge in [-0.3, -0.25) is 14.9 Å². The van der Waals surface area contributed by atoms with Gasteiger partial charge >= 0.3 is 0 Å². The first-order chi connectivity index (χ1) is 19.6. The number of ether oxygens (including phenoxy) is 1. The van der Waals surface area contributed by atoms with Crippen LogP contribution < -0.4 is 20.3 Å². The highest BCUT2D eigenvalue weighted by molar-refractivity contribution is 8.18. The van der Waals surface area contributed by atoms with Gasteiger partial charge in [0.25, 0.3) is 11.1 Å². The number of hydrogen-bond acceptors (Lipinski definition) is 10. The number of nitrogens with zero attached hydrogens (tertiary/aromatic N) is 4. The molecular formula is C29H28N6O4S. The number of piperidine rings is 1. The van der Waals surface area contributed by atoms with Gasteiger partial charge in [0.1, 0.15) is 17.0 Å². The van der Waals surface area contributed by atoms with Gasteiger partial charge in [-0.15, -0.1) is 0 Å². The number of hydrogen-bond donors (Lipinski definition) is 2. The quantitative estimate of drug-likeness (QED) is 0.297. The molecule has 0 aliphatic carbocycles. The van der Waals surface area contributed by atoms with Crippen LogP contribution in [0.2, 0.25) is 0 Å². The standard InChI is InChI=1S/C29H28N6O4S/c1-38-24-7-6-21(25-14-19-4-2-3-5-23(19)39-25)33-22(24)17-30-16-18-9-12-35(13-10-18)28-31-11-8-20(32-28)15-26-27(36)34-29(37)40-26/h2-8,11,14-15,18,30H,9-10,12-13,16-17H2,1H3,(H,34,36,37)/b26-15-. The second-order valence-corrected chi connectivity index (χ2v) is 10.7. The predicted octanol–water partition coefficient (Wildman–Crippen LogP) is 4.62. The number of carbonyl (C=O) groups is 2. The van der Waals surface area contributed by atoms with E-state index in [1.807, 2.05) is 42.5 Å². The van der Waals surface area contributed by atoms with Crippen molar-refractivity contribution >= 4 is 45.9 Å². The molecule has 4 aromatic rings. The van der Waals surface area contributed by atoms with Crippen LogP contribution in [0.3, 0.4) is 0 Å². The van der Waals surface area contributed by atoms with Gasteiger partial charge in [0, 0.05) is 31.2 Å². The average Bonchev–Trinajstić information content (AvgIpc) is 3.55. The van der Waals surface area contributed by atoms with Gasteiger partial charge in [0.05, 0.1) is 23.4 Å². The van der Waals surface area contributed by atoms with E-state index in [0.29, 0.717) is 29.0 Å². The second kappa shape index (κ2) is 11.5. The summed E-state index contributed by atoms with van der Waals surface area (Å²) in [5, 5.41) is 6.51. The molecule has 0 atom stereocenters. The molecular weight excluding hydrogens is 528 g/mol. The lowest BCUT2D eigenvalue weighted by Gasteiger charge is -2.32. The van der Waals surface area contributed by atoms with E-state index in [0.717, 1.165) is 78.1 Å². The summed E-state index contributed by atoms with van der Waals surface area (Å²) in [5.74, 6) is 2.23. The molecule has 0 radical (unpaired) electrons. The molecule has 2 fully saturated rings. The number of nitrogens with one attached hydrogen (secondary N) is 2. The molecule has 5 heterocycles. The van der Waals surface area contributed by atoms with Crippen molar-refractivity contribution < 1.29 is 18.7 Å². The number of anilines is 1. The Morgan fingerprint density at radius 1 is 1.15 bits per heavy atom. The van der Waals surface area contributed by atoms with Gasteiger partial charge in [0.15, 0.2) is 5.76 Å². The highest BCUT2D eigenvalue weighted by Crippen LogP contribution is 2.29. The summed E-state index contributed by atoms with van der Waals surface area (Å²) in [7, 11) is 1.66. The average molecular weight is 557 g/mol. The molecule has 0 unspecified atom stereocenters. The van der Waals surface area contributed by atoms with Crippen LogP contribution in [0.5, 0.6) is 5.75 Å². The zero-order chi connectivity index (χ0) is 27.5. The number of imide groups is 1. The minimum Gasteiger partial charge on any atom is -0.495 e. The van der Waals surface area contributed by atoms with E-state index in [1.54, 1.807) is 25.4 Å². The maximum absolute atomic E-state index is 11.8. The number of aromatic nitrogens is 3. The van der Waals surface area contributed by atoms with Crippen molar-refractivity contribution in [3.05, 3.63) is 71.0 Å².